The van der Waals surface area contributed by atoms with Crippen molar-refractivity contribution in [1.29, 1.82) is 0 Å². The molecule has 4 nitrogen and oxygen atoms in total. The Kier molecular flexibility index (Phi) is 6.89. The van der Waals surface area contributed by atoms with Crippen LogP contribution in [0.15, 0.2) is 12.1 Å². The van der Waals surface area contributed by atoms with Crippen LogP contribution in [0.5, 0.6) is 5.75 Å². The van der Waals surface area contributed by atoms with Gasteiger partial charge in [-0.25, -0.2) is 0 Å². The van der Waals surface area contributed by atoms with E-state index in [2.05, 4.69) is 41.5 Å². The summed E-state index contributed by atoms with van der Waals surface area (Å²) in [4.78, 5) is 11.7. The van der Waals surface area contributed by atoms with Gasteiger partial charge in [0.2, 0.25) is 5.54 Å². The van der Waals surface area contributed by atoms with E-state index < -0.39 is 5.54 Å². The van der Waals surface area contributed by atoms with Gasteiger partial charge in [-0.15, -0.1) is 0 Å². The lowest BCUT2D eigenvalue weighted by Crippen LogP contribution is -2.39. The summed E-state index contributed by atoms with van der Waals surface area (Å²) in [6, 6.07) is 4.00. The first-order chi connectivity index (χ1) is 11.9. The van der Waals surface area contributed by atoms with Crippen LogP contribution >= 0.6 is 0 Å². The molecule has 0 unspecified atom stereocenters. The van der Waals surface area contributed by atoms with E-state index in [0.29, 0.717) is 25.0 Å². The van der Waals surface area contributed by atoms with Crippen molar-refractivity contribution in [2.24, 2.45) is 0 Å². The van der Waals surface area contributed by atoms with Crippen molar-refractivity contribution < 1.29 is 10.0 Å². The SMILES string of the molecule is CCC(C)(C)c1cc(CC(CC)(CC)[N+](=O)[O-])cc(C(C)(C)CC)c1O. The van der Waals surface area contributed by atoms with Gasteiger partial charge in [0.1, 0.15) is 5.75 Å². The molecular weight excluding hydrogens is 326 g/mol. The summed E-state index contributed by atoms with van der Waals surface area (Å²) in [7, 11) is 0. The lowest BCUT2D eigenvalue weighted by atomic mass is 9.73. The largest absolute Gasteiger partial charge is 0.507 e. The van der Waals surface area contributed by atoms with Crippen LogP contribution in [0.4, 0.5) is 0 Å². The number of hydrogen-bond donors (Lipinski definition) is 1. The van der Waals surface area contributed by atoms with Crippen molar-refractivity contribution in [1.82, 2.24) is 0 Å². The van der Waals surface area contributed by atoms with Crippen molar-refractivity contribution in [2.75, 3.05) is 0 Å². The van der Waals surface area contributed by atoms with E-state index in [9.17, 15) is 15.2 Å². The average molecular weight is 364 g/mol. The molecule has 1 aromatic rings. The predicted octanol–water partition coefficient (Wildman–Crippen LogP) is 6.15. The molecule has 0 aromatic heterocycles. The summed E-state index contributed by atoms with van der Waals surface area (Å²) in [6.45, 7) is 16.5. The smallest absolute Gasteiger partial charge is 0.225 e. The maximum absolute atomic E-state index is 11.8. The number of benzene rings is 1. The first kappa shape index (κ1) is 22.5. The third-order valence-electron chi connectivity index (χ3n) is 6.63. The van der Waals surface area contributed by atoms with Gasteiger partial charge in [0, 0.05) is 35.3 Å². The monoisotopic (exact) mass is 363 g/mol. The van der Waals surface area contributed by atoms with Crippen LogP contribution in [-0.2, 0) is 17.3 Å². The van der Waals surface area contributed by atoms with Gasteiger partial charge in [-0.3, -0.25) is 10.1 Å². The van der Waals surface area contributed by atoms with Crippen LogP contribution in [0.3, 0.4) is 0 Å². The molecule has 0 amide bonds. The molecule has 148 valence electrons. The molecule has 1 rings (SSSR count). The molecular formula is C22H37NO3. The Morgan fingerprint density at radius 3 is 1.54 bits per heavy atom. The summed E-state index contributed by atoms with van der Waals surface area (Å²) in [5, 5.41) is 22.8. The van der Waals surface area contributed by atoms with Crippen LogP contribution in [0, 0.1) is 10.1 Å². The Labute approximate surface area is 159 Å². The number of nitrogens with zero attached hydrogens (tertiary/aromatic N) is 1. The van der Waals surface area contributed by atoms with E-state index in [1.54, 1.807) is 0 Å². The van der Waals surface area contributed by atoms with Gasteiger partial charge >= 0.3 is 0 Å². The summed E-state index contributed by atoms with van der Waals surface area (Å²) < 4.78 is 0. The molecule has 26 heavy (non-hydrogen) atoms. The Hall–Kier alpha value is -1.58. The zero-order chi connectivity index (χ0) is 20.3. The molecule has 0 aliphatic heterocycles. The highest BCUT2D eigenvalue weighted by molar-refractivity contribution is 5.50. The highest BCUT2D eigenvalue weighted by Gasteiger charge is 2.40. The first-order valence-corrected chi connectivity index (χ1v) is 9.92. The van der Waals surface area contributed by atoms with Crippen molar-refractivity contribution in [3.05, 3.63) is 38.9 Å². The normalized spacial score (nSPS) is 13.1. The topological polar surface area (TPSA) is 63.4 Å². The number of rotatable bonds is 9. The van der Waals surface area contributed by atoms with E-state index in [0.717, 1.165) is 29.5 Å². The molecule has 0 fully saturated rings. The van der Waals surface area contributed by atoms with Crippen LogP contribution in [0.1, 0.15) is 97.8 Å². The molecule has 4 heteroatoms. The number of phenolic OH excluding ortho intramolecular Hbond substituents is 1. The van der Waals surface area contributed by atoms with Crippen molar-refractivity contribution in [2.45, 2.75) is 104 Å². The highest BCUT2D eigenvalue weighted by atomic mass is 16.6. The Morgan fingerprint density at radius 2 is 1.27 bits per heavy atom. The first-order valence-electron chi connectivity index (χ1n) is 9.92. The van der Waals surface area contributed by atoms with E-state index in [-0.39, 0.29) is 15.8 Å². The lowest BCUT2D eigenvalue weighted by Gasteiger charge is -2.32. The van der Waals surface area contributed by atoms with Crippen molar-refractivity contribution in [3.8, 4) is 5.75 Å². The summed E-state index contributed by atoms with van der Waals surface area (Å²) >= 11 is 0. The minimum absolute atomic E-state index is 0.116. The van der Waals surface area contributed by atoms with Gasteiger partial charge in [0.25, 0.3) is 0 Å². The molecule has 0 aliphatic carbocycles. The van der Waals surface area contributed by atoms with Gasteiger partial charge in [-0.1, -0.05) is 67.5 Å². The number of aromatic hydroxyl groups is 1. The second-order valence-electron chi connectivity index (χ2n) is 8.88. The standard InChI is InChI=1S/C22H37NO3/c1-9-20(5,6)17-13-16(15-22(11-3,12-4)23(25)26)14-18(19(17)24)21(7,8)10-2/h13-14,24H,9-12,15H2,1-8H3. The van der Waals surface area contributed by atoms with Crippen molar-refractivity contribution in [3.63, 3.8) is 0 Å². The van der Waals surface area contributed by atoms with Crippen LogP contribution in [0.2, 0.25) is 0 Å². The summed E-state index contributed by atoms with van der Waals surface area (Å²) in [5.41, 5.74) is 1.44. The van der Waals surface area contributed by atoms with Crippen molar-refractivity contribution >= 4 is 0 Å². The Balaban J connectivity index is 3.67. The third-order valence-corrected chi connectivity index (χ3v) is 6.63. The van der Waals surface area contributed by atoms with Gasteiger partial charge in [-0.2, -0.15) is 0 Å². The second-order valence-corrected chi connectivity index (χ2v) is 8.88. The minimum Gasteiger partial charge on any atom is -0.507 e. The fourth-order valence-electron chi connectivity index (χ4n) is 3.41. The molecule has 1 aromatic carbocycles. The number of nitro groups is 1. The summed E-state index contributed by atoms with van der Waals surface area (Å²) in [6.07, 6.45) is 3.16. The molecule has 1 N–H and O–H groups in total. The van der Waals surface area contributed by atoms with Gasteiger partial charge in [0.15, 0.2) is 0 Å². The summed E-state index contributed by atoms with van der Waals surface area (Å²) in [5.74, 6) is 0.354. The minimum atomic E-state index is -0.946. The second kappa shape index (κ2) is 7.98. The zero-order valence-corrected chi connectivity index (χ0v) is 17.9. The predicted molar refractivity (Wildman–Crippen MR) is 109 cm³/mol. The maximum Gasteiger partial charge on any atom is 0.225 e. The van der Waals surface area contributed by atoms with E-state index in [1.807, 2.05) is 26.0 Å². The van der Waals surface area contributed by atoms with Gasteiger partial charge < -0.3 is 5.11 Å². The fourth-order valence-corrected chi connectivity index (χ4v) is 3.41. The molecule has 0 radical (unpaired) electrons. The fraction of sp³-hybridized carbons (Fsp3) is 0.727. The van der Waals surface area contributed by atoms with E-state index in [1.165, 1.54) is 0 Å². The van der Waals surface area contributed by atoms with Crippen LogP contribution in [0.25, 0.3) is 0 Å². The molecule has 0 heterocycles. The molecule has 0 aliphatic rings. The molecule has 0 spiro atoms. The zero-order valence-electron chi connectivity index (χ0n) is 17.9. The van der Waals surface area contributed by atoms with Gasteiger partial charge in [-0.05, 0) is 29.2 Å². The number of phenols is 1. The average Bonchev–Trinajstić information content (AvgIpc) is 2.60. The number of hydrogen-bond acceptors (Lipinski definition) is 3. The molecule has 0 saturated heterocycles. The van der Waals surface area contributed by atoms with E-state index in [4.69, 9.17) is 0 Å². The van der Waals surface area contributed by atoms with Crippen LogP contribution in [-0.4, -0.2) is 15.6 Å². The highest BCUT2D eigenvalue weighted by Crippen LogP contribution is 2.43. The quantitative estimate of drug-likeness (QED) is 0.423. The Bertz CT molecular complexity index is 606. The van der Waals surface area contributed by atoms with E-state index >= 15 is 0 Å². The maximum atomic E-state index is 11.8. The Morgan fingerprint density at radius 1 is 0.885 bits per heavy atom. The lowest BCUT2D eigenvalue weighted by molar-refractivity contribution is -0.571. The molecule has 0 atom stereocenters. The molecule has 0 bridgehead atoms. The van der Waals surface area contributed by atoms with Gasteiger partial charge in [0.05, 0.1) is 0 Å². The third kappa shape index (κ3) is 4.21. The van der Waals surface area contributed by atoms with Crippen LogP contribution < -0.4 is 0 Å². The molecule has 0 saturated carbocycles.